The molecule has 0 spiro atoms. The highest BCUT2D eigenvalue weighted by atomic mass is 16.7. The molecule has 164 valence electrons. The lowest BCUT2D eigenvalue weighted by Gasteiger charge is -2.10. The number of pyridine rings is 1. The van der Waals surface area contributed by atoms with E-state index in [4.69, 9.17) is 15.2 Å². The van der Waals surface area contributed by atoms with Crippen LogP contribution in [0.3, 0.4) is 0 Å². The van der Waals surface area contributed by atoms with Crippen LogP contribution in [0.2, 0.25) is 0 Å². The van der Waals surface area contributed by atoms with Crippen molar-refractivity contribution in [2.75, 3.05) is 12.1 Å². The minimum Gasteiger partial charge on any atom is -0.454 e. The molecular weight excluding hydrogens is 406 g/mol. The van der Waals surface area contributed by atoms with Gasteiger partial charge < -0.3 is 20.5 Å². The van der Waals surface area contributed by atoms with E-state index in [1.165, 1.54) is 5.56 Å². The fourth-order valence-electron chi connectivity index (χ4n) is 3.69. The van der Waals surface area contributed by atoms with Gasteiger partial charge in [0.1, 0.15) is 5.82 Å². The Bertz CT molecular complexity index is 1160. The zero-order valence-electron chi connectivity index (χ0n) is 17.9. The predicted octanol–water partition coefficient (Wildman–Crippen LogP) is 4.24. The average Bonchev–Trinajstić information content (AvgIpc) is 3.25. The lowest BCUT2D eigenvalue weighted by molar-refractivity contribution is -0.116. The smallest absolute Gasteiger partial charge is 0.248 e. The monoisotopic (exact) mass is 431 g/mol. The number of anilines is 1. The number of rotatable bonds is 8. The number of carbonyl (C=O) groups is 2. The number of primary amides is 1. The maximum Gasteiger partial charge on any atom is 0.248 e. The molecule has 3 aromatic rings. The van der Waals surface area contributed by atoms with E-state index >= 15 is 0 Å². The molecule has 0 fully saturated rings. The number of nitrogens with one attached hydrogen (secondary N) is 1. The van der Waals surface area contributed by atoms with Crippen molar-refractivity contribution in [3.8, 4) is 22.6 Å². The molecule has 1 aromatic heterocycles. The molecule has 0 atom stereocenters. The van der Waals surface area contributed by atoms with E-state index in [0.29, 0.717) is 17.8 Å². The molecule has 3 N–H and O–H groups in total. The fraction of sp³-hybridized carbons (Fsp3) is 0.240. The Morgan fingerprint density at radius 1 is 1.03 bits per heavy atom. The van der Waals surface area contributed by atoms with Crippen LogP contribution in [-0.2, 0) is 11.2 Å². The summed E-state index contributed by atoms with van der Waals surface area (Å²) < 4.78 is 10.7. The molecule has 0 unspecified atom stereocenters. The molecule has 7 nitrogen and oxygen atoms in total. The van der Waals surface area contributed by atoms with Gasteiger partial charge in [-0.25, -0.2) is 4.98 Å². The van der Waals surface area contributed by atoms with Crippen molar-refractivity contribution < 1.29 is 19.1 Å². The normalized spacial score (nSPS) is 11.9. The quantitative estimate of drug-likeness (QED) is 0.519. The summed E-state index contributed by atoms with van der Waals surface area (Å²) in [4.78, 5) is 28.2. The van der Waals surface area contributed by atoms with Gasteiger partial charge in [0.2, 0.25) is 18.6 Å². The lowest BCUT2D eigenvalue weighted by atomic mass is 10.0. The number of ether oxygens (including phenoxy) is 2. The minimum absolute atomic E-state index is 0.0638. The number of nitrogens with zero attached hydrogens (tertiary/aromatic N) is 1. The standard InChI is InChI=1S/C25H25N3O4/c1-16-20(18-6-4-7-19(14-18)25(26)30)10-12-23(27-16)28-24(29)8-3-2-5-17-9-11-21-22(13-17)32-15-31-21/h4,6-7,9-14H,2-3,5,8,15H2,1H3,(H2,26,30)(H,27,28,29). The summed E-state index contributed by atoms with van der Waals surface area (Å²) in [6, 6.07) is 16.7. The molecule has 0 aliphatic carbocycles. The Labute approximate surface area is 186 Å². The Hall–Kier alpha value is -3.87. The largest absolute Gasteiger partial charge is 0.454 e. The third kappa shape index (κ3) is 5.06. The van der Waals surface area contributed by atoms with E-state index in [-0.39, 0.29) is 12.7 Å². The summed E-state index contributed by atoms with van der Waals surface area (Å²) in [5.41, 5.74) is 9.48. The molecule has 2 amide bonds. The van der Waals surface area contributed by atoms with E-state index in [1.807, 2.05) is 37.3 Å². The highest BCUT2D eigenvalue weighted by Crippen LogP contribution is 2.33. The molecule has 1 aliphatic heterocycles. The zero-order valence-corrected chi connectivity index (χ0v) is 17.9. The number of fused-ring (bicyclic) bond motifs is 1. The van der Waals surface area contributed by atoms with Crippen LogP contribution in [0.25, 0.3) is 11.1 Å². The molecular formula is C25H25N3O4. The number of hydrogen-bond acceptors (Lipinski definition) is 5. The van der Waals surface area contributed by atoms with Crippen molar-refractivity contribution in [1.29, 1.82) is 0 Å². The van der Waals surface area contributed by atoms with Gasteiger partial charge in [0.05, 0.1) is 0 Å². The molecule has 2 heterocycles. The van der Waals surface area contributed by atoms with E-state index in [0.717, 1.165) is 47.6 Å². The number of amides is 2. The van der Waals surface area contributed by atoms with E-state index < -0.39 is 5.91 Å². The maximum absolute atomic E-state index is 12.3. The topological polar surface area (TPSA) is 104 Å². The lowest BCUT2D eigenvalue weighted by Crippen LogP contribution is -2.13. The highest BCUT2D eigenvalue weighted by Gasteiger charge is 2.13. The number of nitrogens with two attached hydrogens (primary N) is 1. The summed E-state index contributed by atoms with van der Waals surface area (Å²) in [6.45, 7) is 2.14. The average molecular weight is 431 g/mol. The second kappa shape index (κ2) is 9.51. The molecule has 0 radical (unpaired) electrons. The number of unbranched alkanes of at least 4 members (excludes halogenated alkanes) is 1. The summed E-state index contributed by atoms with van der Waals surface area (Å²) in [6.07, 6.45) is 2.97. The van der Waals surface area contributed by atoms with Gasteiger partial charge in [0.15, 0.2) is 11.5 Å². The van der Waals surface area contributed by atoms with Crippen LogP contribution >= 0.6 is 0 Å². The zero-order chi connectivity index (χ0) is 22.5. The van der Waals surface area contributed by atoms with Crippen LogP contribution in [-0.4, -0.2) is 23.6 Å². The number of hydrogen-bond donors (Lipinski definition) is 2. The Balaban J connectivity index is 1.28. The van der Waals surface area contributed by atoms with Crippen molar-refractivity contribution in [2.45, 2.75) is 32.6 Å². The Morgan fingerprint density at radius 2 is 1.88 bits per heavy atom. The van der Waals surface area contributed by atoms with Crippen molar-refractivity contribution in [2.24, 2.45) is 5.73 Å². The Morgan fingerprint density at radius 3 is 2.69 bits per heavy atom. The second-order valence-corrected chi connectivity index (χ2v) is 7.72. The van der Waals surface area contributed by atoms with Gasteiger partial charge in [-0.1, -0.05) is 18.2 Å². The molecule has 32 heavy (non-hydrogen) atoms. The number of carbonyl (C=O) groups excluding carboxylic acids is 2. The fourth-order valence-corrected chi connectivity index (χ4v) is 3.69. The number of aryl methyl sites for hydroxylation is 2. The molecule has 0 saturated carbocycles. The van der Waals surface area contributed by atoms with Gasteiger partial charge in [-0.05, 0) is 73.7 Å². The van der Waals surface area contributed by atoms with Crippen LogP contribution in [0.15, 0.2) is 54.6 Å². The molecule has 4 rings (SSSR count). The number of benzene rings is 2. The Kier molecular flexibility index (Phi) is 6.35. The summed E-state index contributed by atoms with van der Waals surface area (Å²) in [5, 5.41) is 2.86. The highest BCUT2D eigenvalue weighted by molar-refractivity contribution is 5.94. The van der Waals surface area contributed by atoms with Crippen LogP contribution in [0.1, 0.15) is 40.9 Å². The summed E-state index contributed by atoms with van der Waals surface area (Å²) >= 11 is 0. The first kappa shape index (κ1) is 21.4. The molecule has 0 saturated heterocycles. The van der Waals surface area contributed by atoms with Crippen LogP contribution in [0, 0.1) is 6.92 Å². The first-order valence-corrected chi connectivity index (χ1v) is 10.6. The van der Waals surface area contributed by atoms with Gasteiger partial charge in [-0.3, -0.25) is 9.59 Å². The van der Waals surface area contributed by atoms with Gasteiger partial charge >= 0.3 is 0 Å². The predicted molar refractivity (Wildman–Crippen MR) is 122 cm³/mol. The third-order valence-corrected chi connectivity index (χ3v) is 5.37. The summed E-state index contributed by atoms with van der Waals surface area (Å²) in [7, 11) is 0. The van der Waals surface area contributed by atoms with E-state index in [1.54, 1.807) is 24.3 Å². The van der Waals surface area contributed by atoms with Crippen LogP contribution < -0.4 is 20.5 Å². The van der Waals surface area contributed by atoms with Crippen molar-refractivity contribution in [3.05, 3.63) is 71.4 Å². The minimum atomic E-state index is -0.472. The van der Waals surface area contributed by atoms with E-state index in [9.17, 15) is 9.59 Å². The van der Waals surface area contributed by atoms with Gasteiger partial charge in [-0.15, -0.1) is 0 Å². The van der Waals surface area contributed by atoms with Gasteiger partial charge in [0.25, 0.3) is 0 Å². The number of aromatic nitrogens is 1. The van der Waals surface area contributed by atoms with Crippen LogP contribution in [0.4, 0.5) is 5.82 Å². The van der Waals surface area contributed by atoms with Crippen LogP contribution in [0.5, 0.6) is 11.5 Å². The maximum atomic E-state index is 12.3. The molecule has 0 bridgehead atoms. The van der Waals surface area contributed by atoms with Crippen molar-refractivity contribution in [1.82, 2.24) is 4.98 Å². The first-order chi connectivity index (χ1) is 15.5. The SMILES string of the molecule is Cc1nc(NC(=O)CCCCc2ccc3c(c2)OCO3)ccc1-c1cccc(C(N)=O)c1. The van der Waals surface area contributed by atoms with Crippen molar-refractivity contribution in [3.63, 3.8) is 0 Å². The molecule has 7 heteroatoms. The second-order valence-electron chi connectivity index (χ2n) is 7.72. The molecule has 2 aromatic carbocycles. The van der Waals surface area contributed by atoms with Crippen molar-refractivity contribution >= 4 is 17.6 Å². The summed E-state index contributed by atoms with van der Waals surface area (Å²) in [5.74, 6) is 1.54. The van der Waals surface area contributed by atoms with E-state index in [2.05, 4.69) is 10.3 Å². The van der Waals surface area contributed by atoms with Gasteiger partial charge in [-0.2, -0.15) is 0 Å². The third-order valence-electron chi connectivity index (χ3n) is 5.37. The molecule has 1 aliphatic rings. The first-order valence-electron chi connectivity index (χ1n) is 10.6. The van der Waals surface area contributed by atoms with Gasteiger partial charge in [0, 0.05) is 23.2 Å².